The van der Waals surface area contributed by atoms with Crippen molar-refractivity contribution < 1.29 is 4.92 Å². The van der Waals surface area contributed by atoms with Gasteiger partial charge in [0.05, 0.1) is 16.3 Å². The molecular formula is C14H16N4O2S. The van der Waals surface area contributed by atoms with Crippen molar-refractivity contribution in [2.45, 2.75) is 12.8 Å². The van der Waals surface area contributed by atoms with Crippen LogP contribution in [0.1, 0.15) is 11.3 Å². The molecule has 1 N–H and O–H groups in total. The van der Waals surface area contributed by atoms with E-state index in [4.69, 9.17) is 0 Å². The second-order valence-corrected chi connectivity index (χ2v) is 5.86. The standard InChI is InChI=1S/C14H16N4O2S/c1-21-9-7-13-12-6-8-15-14(12)17(16-13)10-2-4-11(5-3-10)18(19)20/h2-5,15H,6-9H2,1H3. The number of nitro benzene ring substituents is 1. The Bertz CT molecular complexity index is 666. The number of rotatable bonds is 5. The second-order valence-electron chi connectivity index (χ2n) is 4.88. The van der Waals surface area contributed by atoms with Crippen LogP contribution in [0.5, 0.6) is 0 Å². The van der Waals surface area contributed by atoms with Crippen molar-refractivity contribution in [1.82, 2.24) is 9.78 Å². The summed E-state index contributed by atoms with van der Waals surface area (Å²) in [5.41, 5.74) is 3.35. The van der Waals surface area contributed by atoms with Crippen LogP contribution in [-0.2, 0) is 12.8 Å². The largest absolute Gasteiger partial charge is 0.369 e. The molecule has 2 heterocycles. The number of fused-ring (bicyclic) bond motifs is 1. The first-order chi connectivity index (χ1) is 10.2. The fourth-order valence-corrected chi connectivity index (χ4v) is 2.95. The van der Waals surface area contributed by atoms with Crippen molar-refractivity contribution in [3.8, 4) is 5.69 Å². The molecule has 0 fully saturated rings. The molecule has 1 aromatic carbocycles. The zero-order valence-electron chi connectivity index (χ0n) is 11.7. The van der Waals surface area contributed by atoms with Gasteiger partial charge in [0.2, 0.25) is 0 Å². The predicted molar refractivity (Wildman–Crippen MR) is 84.5 cm³/mol. The number of nitrogens with one attached hydrogen (secondary N) is 1. The topological polar surface area (TPSA) is 73.0 Å². The third kappa shape index (κ3) is 2.61. The maximum atomic E-state index is 10.7. The van der Waals surface area contributed by atoms with E-state index in [-0.39, 0.29) is 10.6 Å². The van der Waals surface area contributed by atoms with Crippen molar-refractivity contribution >= 4 is 23.3 Å². The summed E-state index contributed by atoms with van der Waals surface area (Å²) < 4.78 is 1.86. The van der Waals surface area contributed by atoms with Crippen LogP contribution in [0.15, 0.2) is 24.3 Å². The average molecular weight is 304 g/mol. The highest BCUT2D eigenvalue weighted by Gasteiger charge is 2.22. The molecule has 21 heavy (non-hydrogen) atoms. The molecule has 0 saturated carbocycles. The summed E-state index contributed by atoms with van der Waals surface area (Å²) >= 11 is 1.81. The van der Waals surface area contributed by atoms with Crippen LogP contribution in [0.2, 0.25) is 0 Å². The lowest BCUT2D eigenvalue weighted by atomic mass is 10.2. The minimum atomic E-state index is -0.389. The monoisotopic (exact) mass is 304 g/mol. The number of nitrogens with zero attached hydrogens (tertiary/aromatic N) is 3. The Balaban J connectivity index is 1.96. The van der Waals surface area contributed by atoms with Crippen molar-refractivity contribution in [2.24, 2.45) is 0 Å². The molecule has 0 spiro atoms. The van der Waals surface area contributed by atoms with E-state index in [1.54, 1.807) is 12.1 Å². The molecule has 6 nitrogen and oxygen atoms in total. The number of non-ortho nitro benzene ring substituents is 1. The number of hydrogen-bond acceptors (Lipinski definition) is 5. The van der Waals surface area contributed by atoms with E-state index in [1.807, 2.05) is 16.4 Å². The number of aromatic nitrogens is 2. The van der Waals surface area contributed by atoms with E-state index < -0.39 is 0 Å². The molecule has 1 aliphatic heterocycles. The number of hydrogen-bond donors (Lipinski definition) is 1. The van der Waals surface area contributed by atoms with Crippen molar-refractivity contribution in [3.63, 3.8) is 0 Å². The van der Waals surface area contributed by atoms with Crippen LogP contribution in [0.3, 0.4) is 0 Å². The first-order valence-electron chi connectivity index (χ1n) is 6.79. The molecule has 3 rings (SSSR count). The van der Waals surface area contributed by atoms with E-state index in [9.17, 15) is 10.1 Å². The lowest BCUT2D eigenvalue weighted by Gasteiger charge is -2.06. The average Bonchev–Trinajstić information content (AvgIpc) is 3.08. The molecule has 0 radical (unpaired) electrons. The number of benzene rings is 1. The molecule has 0 bridgehead atoms. The van der Waals surface area contributed by atoms with Crippen LogP contribution in [0.4, 0.5) is 11.5 Å². The van der Waals surface area contributed by atoms with E-state index in [0.717, 1.165) is 42.3 Å². The van der Waals surface area contributed by atoms with Crippen molar-refractivity contribution in [3.05, 3.63) is 45.6 Å². The fraction of sp³-hybridized carbons (Fsp3) is 0.357. The molecule has 7 heteroatoms. The molecular weight excluding hydrogens is 288 g/mol. The third-order valence-electron chi connectivity index (χ3n) is 3.58. The van der Waals surface area contributed by atoms with Gasteiger partial charge in [0.25, 0.3) is 5.69 Å². The first-order valence-corrected chi connectivity index (χ1v) is 8.18. The smallest absolute Gasteiger partial charge is 0.269 e. The van der Waals surface area contributed by atoms with Crippen LogP contribution in [0.25, 0.3) is 5.69 Å². The van der Waals surface area contributed by atoms with E-state index in [0.29, 0.717) is 0 Å². The zero-order chi connectivity index (χ0) is 14.8. The summed E-state index contributed by atoms with van der Waals surface area (Å²) in [6.45, 7) is 0.923. The molecule has 0 aliphatic carbocycles. The van der Waals surface area contributed by atoms with Gasteiger partial charge < -0.3 is 5.32 Å². The summed E-state index contributed by atoms with van der Waals surface area (Å²) in [5.74, 6) is 2.07. The lowest BCUT2D eigenvalue weighted by Crippen LogP contribution is -2.05. The van der Waals surface area contributed by atoms with Gasteiger partial charge in [-0.05, 0) is 30.6 Å². The Hall–Kier alpha value is -2.02. The van der Waals surface area contributed by atoms with Gasteiger partial charge in [-0.15, -0.1) is 0 Å². The molecule has 110 valence electrons. The Kier molecular flexibility index (Phi) is 3.83. The number of aryl methyl sites for hydroxylation is 1. The highest BCUT2D eigenvalue weighted by molar-refractivity contribution is 7.98. The third-order valence-corrected chi connectivity index (χ3v) is 4.19. The number of anilines is 1. The highest BCUT2D eigenvalue weighted by Crippen LogP contribution is 2.29. The van der Waals surface area contributed by atoms with Crippen LogP contribution in [0, 0.1) is 10.1 Å². The summed E-state index contributed by atoms with van der Waals surface area (Å²) in [6, 6.07) is 6.51. The summed E-state index contributed by atoms with van der Waals surface area (Å²) in [5, 5.41) is 18.8. The molecule has 1 aromatic heterocycles. The normalized spacial score (nSPS) is 13.0. The van der Waals surface area contributed by atoms with Crippen LogP contribution in [-0.4, -0.2) is 33.3 Å². The van der Waals surface area contributed by atoms with E-state index in [2.05, 4.69) is 16.7 Å². The molecule has 0 unspecified atom stereocenters. The quantitative estimate of drug-likeness (QED) is 0.679. The maximum Gasteiger partial charge on any atom is 0.269 e. The molecule has 0 atom stereocenters. The second kappa shape index (κ2) is 5.77. The SMILES string of the molecule is CSCCc1nn(-c2ccc([N+](=O)[O-])cc2)c2c1CCN2. The van der Waals surface area contributed by atoms with Gasteiger partial charge in [0.1, 0.15) is 5.82 Å². The first kappa shape index (κ1) is 13.9. The highest BCUT2D eigenvalue weighted by atomic mass is 32.2. The minimum Gasteiger partial charge on any atom is -0.369 e. The lowest BCUT2D eigenvalue weighted by molar-refractivity contribution is -0.384. The Labute approximate surface area is 126 Å². The molecule has 2 aromatic rings. The zero-order valence-corrected chi connectivity index (χ0v) is 12.5. The Morgan fingerprint density at radius 1 is 1.43 bits per heavy atom. The van der Waals surface area contributed by atoms with E-state index >= 15 is 0 Å². The van der Waals surface area contributed by atoms with Gasteiger partial charge >= 0.3 is 0 Å². The Morgan fingerprint density at radius 3 is 2.86 bits per heavy atom. The van der Waals surface area contributed by atoms with Gasteiger partial charge in [0, 0.05) is 30.7 Å². The molecule has 1 aliphatic rings. The number of nitro groups is 1. The van der Waals surface area contributed by atoms with Gasteiger partial charge in [-0.1, -0.05) is 0 Å². The molecule has 0 saturated heterocycles. The maximum absolute atomic E-state index is 10.7. The Morgan fingerprint density at radius 2 is 2.19 bits per heavy atom. The van der Waals surface area contributed by atoms with Crippen LogP contribution >= 0.6 is 11.8 Å². The minimum absolute atomic E-state index is 0.0955. The van der Waals surface area contributed by atoms with Crippen LogP contribution < -0.4 is 5.32 Å². The number of thioether (sulfide) groups is 1. The summed E-state index contributed by atoms with van der Waals surface area (Å²) in [4.78, 5) is 10.3. The van der Waals surface area contributed by atoms with Gasteiger partial charge in [-0.2, -0.15) is 16.9 Å². The summed E-state index contributed by atoms with van der Waals surface area (Å²) in [7, 11) is 0. The molecule has 0 amide bonds. The van der Waals surface area contributed by atoms with Crippen molar-refractivity contribution in [1.29, 1.82) is 0 Å². The predicted octanol–water partition coefficient (Wildman–Crippen LogP) is 2.65. The van der Waals surface area contributed by atoms with Gasteiger partial charge in [-0.25, -0.2) is 4.68 Å². The van der Waals surface area contributed by atoms with Gasteiger partial charge in [-0.3, -0.25) is 10.1 Å². The van der Waals surface area contributed by atoms with Crippen molar-refractivity contribution in [2.75, 3.05) is 23.9 Å². The van der Waals surface area contributed by atoms with E-state index in [1.165, 1.54) is 17.7 Å². The summed E-state index contributed by atoms with van der Waals surface area (Å²) in [6.07, 6.45) is 4.03. The van der Waals surface area contributed by atoms with Gasteiger partial charge in [0.15, 0.2) is 0 Å². The fourth-order valence-electron chi connectivity index (χ4n) is 2.55.